The SMILES string of the molecule is COc1cc(Cl)c(CC(C)=O)cc1C. The largest absolute Gasteiger partial charge is 0.496 e. The fourth-order valence-corrected chi connectivity index (χ4v) is 1.57. The van der Waals surface area contributed by atoms with Crippen LogP contribution in [0.5, 0.6) is 5.75 Å². The molecule has 0 heterocycles. The van der Waals surface area contributed by atoms with Crippen LogP contribution in [0.4, 0.5) is 0 Å². The molecule has 0 aliphatic heterocycles. The van der Waals surface area contributed by atoms with Crippen LogP contribution in [0, 0.1) is 6.92 Å². The van der Waals surface area contributed by atoms with Crippen molar-refractivity contribution in [3.63, 3.8) is 0 Å². The molecule has 2 nitrogen and oxygen atoms in total. The molecule has 0 N–H and O–H groups in total. The van der Waals surface area contributed by atoms with Crippen molar-refractivity contribution in [1.82, 2.24) is 0 Å². The van der Waals surface area contributed by atoms with Gasteiger partial charge in [-0.05, 0) is 31.0 Å². The van der Waals surface area contributed by atoms with Gasteiger partial charge >= 0.3 is 0 Å². The molecule has 76 valence electrons. The normalized spacial score (nSPS) is 10.0. The molecule has 0 aliphatic rings. The first kappa shape index (κ1) is 11.1. The number of ketones is 1. The summed E-state index contributed by atoms with van der Waals surface area (Å²) in [5, 5.41) is 0.586. The molecule has 14 heavy (non-hydrogen) atoms. The van der Waals surface area contributed by atoms with Crippen molar-refractivity contribution < 1.29 is 9.53 Å². The van der Waals surface area contributed by atoms with E-state index in [1.165, 1.54) is 0 Å². The highest BCUT2D eigenvalue weighted by Gasteiger charge is 2.07. The molecule has 0 amide bonds. The molecule has 0 spiro atoms. The lowest BCUT2D eigenvalue weighted by Gasteiger charge is -2.08. The van der Waals surface area contributed by atoms with Crippen LogP contribution in [0.3, 0.4) is 0 Å². The number of halogens is 1. The number of Topliss-reactive ketones (excluding diaryl/α,β-unsaturated/α-hetero) is 1. The zero-order chi connectivity index (χ0) is 10.7. The van der Waals surface area contributed by atoms with Gasteiger partial charge in [-0.2, -0.15) is 0 Å². The van der Waals surface area contributed by atoms with E-state index >= 15 is 0 Å². The number of carbonyl (C=O) groups is 1. The lowest BCUT2D eigenvalue weighted by molar-refractivity contribution is -0.116. The number of rotatable bonds is 3. The number of aryl methyl sites for hydroxylation is 1. The molecular weight excluding hydrogens is 200 g/mol. The van der Waals surface area contributed by atoms with Crippen molar-refractivity contribution >= 4 is 17.4 Å². The summed E-state index contributed by atoms with van der Waals surface area (Å²) in [4.78, 5) is 10.9. The van der Waals surface area contributed by atoms with Gasteiger partial charge in [0.1, 0.15) is 11.5 Å². The molecule has 0 radical (unpaired) electrons. The predicted molar refractivity (Wildman–Crippen MR) is 57.1 cm³/mol. The summed E-state index contributed by atoms with van der Waals surface area (Å²) in [6.45, 7) is 3.48. The number of hydrogen-bond donors (Lipinski definition) is 0. The minimum Gasteiger partial charge on any atom is -0.496 e. The Labute approximate surface area is 88.8 Å². The highest BCUT2D eigenvalue weighted by atomic mass is 35.5. The van der Waals surface area contributed by atoms with Crippen LogP contribution in [0.25, 0.3) is 0 Å². The van der Waals surface area contributed by atoms with Crippen LogP contribution in [0.2, 0.25) is 5.02 Å². The van der Waals surface area contributed by atoms with E-state index < -0.39 is 0 Å². The van der Waals surface area contributed by atoms with Gasteiger partial charge in [-0.3, -0.25) is 4.79 Å². The van der Waals surface area contributed by atoms with E-state index in [9.17, 15) is 4.79 Å². The molecular formula is C11H13ClO2. The molecule has 1 aromatic carbocycles. The third kappa shape index (κ3) is 2.48. The molecule has 3 heteroatoms. The Hall–Kier alpha value is -1.02. The third-order valence-electron chi connectivity index (χ3n) is 2.00. The van der Waals surface area contributed by atoms with Gasteiger partial charge in [-0.15, -0.1) is 0 Å². The van der Waals surface area contributed by atoms with Crippen LogP contribution in [0.1, 0.15) is 18.1 Å². The summed E-state index contributed by atoms with van der Waals surface area (Å²) in [5.74, 6) is 0.860. The minimum absolute atomic E-state index is 0.108. The fourth-order valence-electron chi connectivity index (χ4n) is 1.35. The summed E-state index contributed by atoms with van der Waals surface area (Å²) >= 11 is 5.99. The maximum atomic E-state index is 10.9. The first-order valence-electron chi connectivity index (χ1n) is 4.37. The number of benzene rings is 1. The molecule has 0 fully saturated rings. The number of hydrogen-bond acceptors (Lipinski definition) is 2. The average molecular weight is 213 g/mol. The maximum Gasteiger partial charge on any atom is 0.134 e. The second kappa shape index (κ2) is 4.47. The van der Waals surface area contributed by atoms with Crippen molar-refractivity contribution in [2.75, 3.05) is 7.11 Å². The first-order chi connectivity index (χ1) is 6.54. The predicted octanol–water partition coefficient (Wildman–Crippen LogP) is 2.79. The molecule has 0 unspecified atom stereocenters. The van der Waals surface area contributed by atoms with E-state index in [4.69, 9.17) is 16.3 Å². The van der Waals surface area contributed by atoms with Gasteiger partial charge in [0.25, 0.3) is 0 Å². The highest BCUT2D eigenvalue weighted by Crippen LogP contribution is 2.26. The Morgan fingerprint density at radius 1 is 1.50 bits per heavy atom. The third-order valence-corrected chi connectivity index (χ3v) is 2.36. The van der Waals surface area contributed by atoms with Gasteiger partial charge in [-0.1, -0.05) is 17.7 Å². The second-order valence-electron chi connectivity index (χ2n) is 3.29. The van der Waals surface area contributed by atoms with Crippen LogP contribution in [0.15, 0.2) is 12.1 Å². The molecule has 0 aliphatic carbocycles. The topological polar surface area (TPSA) is 26.3 Å². The van der Waals surface area contributed by atoms with Crippen molar-refractivity contribution in [3.8, 4) is 5.75 Å². The van der Waals surface area contributed by atoms with E-state index in [2.05, 4.69) is 0 Å². The van der Waals surface area contributed by atoms with Crippen LogP contribution in [-0.4, -0.2) is 12.9 Å². The molecule has 1 rings (SSSR count). The lowest BCUT2D eigenvalue weighted by Crippen LogP contribution is -1.98. The summed E-state index contributed by atoms with van der Waals surface area (Å²) in [6, 6.07) is 3.64. The highest BCUT2D eigenvalue weighted by molar-refractivity contribution is 6.31. The summed E-state index contributed by atoms with van der Waals surface area (Å²) in [6.07, 6.45) is 0.379. The molecule has 0 saturated carbocycles. The van der Waals surface area contributed by atoms with Gasteiger partial charge in [0.05, 0.1) is 7.11 Å². The Morgan fingerprint density at radius 3 is 2.64 bits per heavy atom. The second-order valence-corrected chi connectivity index (χ2v) is 3.70. The van der Waals surface area contributed by atoms with Crippen molar-refractivity contribution in [1.29, 1.82) is 0 Å². The van der Waals surface area contributed by atoms with Crippen LogP contribution >= 0.6 is 11.6 Å². The van der Waals surface area contributed by atoms with Crippen LogP contribution < -0.4 is 4.74 Å². The first-order valence-corrected chi connectivity index (χ1v) is 4.75. The molecule has 0 saturated heterocycles. The Bertz CT molecular complexity index is 359. The Kier molecular flexibility index (Phi) is 3.53. The average Bonchev–Trinajstić information content (AvgIpc) is 2.10. The van der Waals surface area contributed by atoms with Gasteiger partial charge in [-0.25, -0.2) is 0 Å². The van der Waals surface area contributed by atoms with Crippen molar-refractivity contribution in [3.05, 3.63) is 28.3 Å². The van der Waals surface area contributed by atoms with E-state index in [1.54, 1.807) is 20.1 Å². The van der Waals surface area contributed by atoms with Gasteiger partial charge in [0.15, 0.2) is 0 Å². The fraction of sp³-hybridized carbons (Fsp3) is 0.364. The molecule has 0 bridgehead atoms. The quantitative estimate of drug-likeness (QED) is 0.770. The summed E-state index contributed by atoms with van der Waals surface area (Å²) in [5.41, 5.74) is 1.85. The molecule has 0 aromatic heterocycles. The Balaban J connectivity index is 3.08. The monoisotopic (exact) mass is 212 g/mol. The van der Waals surface area contributed by atoms with Gasteiger partial charge in [0.2, 0.25) is 0 Å². The number of carbonyl (C=O) groups excluding carboxylic acids is 1. The van der Waals surface area contributed by atoms with Gasteiger partial charge in [0, 0.05) is 11.4 Å². The molecule has 0 atom stereocenters. The van der Waals surface area contributed by atoms with E-state index in [-0.39, 0.29) is 5.78 Å². The minimum atomic E-state index is 0.108. The van der Waals surface area contributed by atoms with Crippen molar-refractivity contribution in [2.45, 2.75) is 20.3 Å². The zero-order valence-electron chi connectivity index (χ0n) is 8.56. The maximum absolute atomic E-state index is 10.9. The number of methoxy groups -OCH3 is 1. The summed E-state index contributed by atoms with van der Waals surface area (Å²) in [7, 11) is 1.60. The van der Waals surface area contributed by atoms with E-state index in [1.807, 2.05) is 13.0 Å². The van der Waals surface area contributed by atoms with E-state index in [0.717, 1.165) is 16.9 Å². The molecule has 1 aromatic rings. The van der Waals surface area contributed by atoms with Crippen molar-refractivity contribution in [2.24, 2.45) is 0 Å². The zero-order valence-corrected chi connectivity index (χ0v) is 9.31. The standard InChI is InChI=1S/C11H13ClO2/c1-7-4-9(5-8(2)13)10(12)6-11(7)14-3/h4,6H,5H2,1-3H3. The smallest absolute Gasteiger partial charge is 0.134 e. The lowest BCUT2D eigenvalue weighted by atomic mass is 10.1. The Morgan fingerprint density at radius 2 is 2.14 bits per heavy atom. The number of ether oxygens (including phenoxy) is 1. The van der Waals surface area contributed by atoms with E-state index in [0.29, 0.717) is 11.4 Å². The van der Waals surface area contributed by atoms with Crippen LogP contribution in [-0.2, 0) is 11.2 Å². The van der Waals surface area contributed by atoms with Gasteiger partial charge < -0.3 is 4.74 Å². The summed E-state index contributed by atoms with van der Waals surface area (Å²) < 4.78 is 5.12.